The van der Waals surface area contributed by atoms with E-state index in [9.17, 15) is 9.59 Å². The van der Waals surface area contributed by atoms with E-state index < -0.39 is 5.54 Å². The average Bonchev–Trinajstić information content (AvgIpc) is 3.06. The molecule has 2 aromatic carbocycles. The highest BCUT2D eigenvalue weighted by Crippen LogP contribution is 2.42. The number of carbonyl (C=O) groups is 2. The standard InChI is InChI=1S/C19H16Cl2N2O2/c20-14-9-15(21)11-16(10-14)23-17(24)19(7-4-8-22(19)18(23)25)12-13-5-2-1-3-6-13/h1-3,5-6,9-11H,4,7-8,12H2. The molecule has 1 unspecified atom stereocenters. The molecule has 2 aliphatic rings. The molecule has 0 N–H and O–H groups in total. The zero-order valence-corrected chi connectivity index (χ0v) is 14.9. The first-order valence-electron chi connectivity index (χ1n) is 8.17. The van der Waals surface area contributed by atoms with Crippen LogP contribution < -0.4 is 4.90 Å². The molecule has 0 aliphatic carbocycles. The second-order valence-electron chi connectivity index (χ2n) is 6.50. The van der Waals surface area contributed by atoms with Gasteiger partial charge in [0, 0.05) is 23.0 Å². The number of hydrogen-bond donors (Lipinski definition) is 0. The number of amides is 3. The van der Waals surface area contributed by atoms with E-state index in [0.29, 0.717) is 35.1 Å². The van der Waals surface area contributed by atoms with Crippen molar-refractivity contribution >= 4 is 40.8 Å². The van der Waals surface area contributed by atoms with E-state index in [-0.39, 0.29) is 11.9 Å². The van der Waals surface area contributed by atoms with E-state index >= 15 is 0 Å². The predicted molar refractivity (Wildman–Crippen MR) is 98.2 cm³/mol. The molecule has 25 heavy (non-hydrogen) atoms. The Balaban J connectivity index is 1.75. The summed E-state index contributed by atoms with van der Waals surface area (Å²) in [6, 6.07) is 14.3. The number of nitrogens with zero attached hydrogens (tertiary/aromatic N) is 2. The predicted octanol–water partition coefficient (Wildman–Crippen LogP) is 4.54. The van der Waals surface area contributed by atoms with E-state index in [1.54, 1.807) is 23.1 Å². The quantitative estimate of drug-likeness (QED) is 0.740. The molecule has 2 aliphatic heterocycles. The van der Waals surface area contributed by atoms with Crippen LogP contribution in [-0.2, 0) is 11.2 Å². The van der Waals surface area contributed by atoms with Gasteiger partial charge < -0.3 is 4.90 Å². The molecule has 0 radical (unpaired) electrons. The van der Waals surface area contributed by atoms with Crippen LogP contribution in [0.1, 0.15) is 18.4 Å². The minimum absolute atomic E-state index is 0.197. The van der Waals surface area contributed by atoms with Crippen LogP contribution in [0, 0.1) is 0 Å². The molecule has 6 heteroatoms. The minimum atomic E-state index is -0.812. The first-order valence-corrected chi connectivity index (χ1v) is 8.93. The summed E-state index contributed by atoms with van der Waals surface area (Å²) in [6.45, 7) is 0.586. The Labute approximate surface area is 155 Å². The SMILES string of the molecule is O=C1N(c2cc(Cl)cc(Cl)c2)C(=O)C2(Cc3ccccc3)CCCN12. The molecule has 0 saturated carbocycles. The number of benzene rings is 2. The van der Waals surface area contributed by atoms with Gasteiger partial charge in [-0.05, 0) is 36.6 Å². The van der Waals surface area contributed by atoms with Crippen LogP contribution in [0.15, 0.2) is 48.5 Å². The average molecular weight is 375 g/mol. The van der Waals surface area contributed by atoms with E-state index in [4.69, 9.17) is 23.2 Å². The lowest BCUT2D eigenvalue weighted by Crippen LogP contribution is -2.47. The van der Waals surface area contributed by atoms with Gasteiger partial charge in [-0.25, -0.2) is 9.69 Å². The van der Waals surface area contributed by atoms with Gasteiger partial charge in [0.05, 0.1) is 5.69 Å². The second kappa shape index (κ2) is 6.04. The summed E-state index contributed by atoms with van der Waals surface area (Å²) in [4.78, 5) is 29.2. The van der Waals surface area contributed by atoms with Crippen molar-refractivity contribution < 1.29 is 9.59 Å². The number of fused-ring (bicyclic) bond motifs is 1. The summed E-state index contributed by atoms with van der Waals surface area (Å²) >= 11 is 12.1. The minimum Gasteiger partial charge on any atom is -0.309 e. The Kier molecular flexibility index (Phi) is 3.97. The first-order chi connectivity index (χ1) is 12.0. The van der Waals surface area contributed by atoms with Gasteiger partial charge in [-0.1, -0.05) is 53.5 Å². The molecule has 2 saturated heterocycles. The lowest BCUT2D eigenvalue weighted by Gasteiger charge is -2.28. The topological polar surface area (TPSA) is 40.6 Å². The zero-order chi connectivity index (χ0) is 17.6. The number of imide groups is 1. The molecule has 2 aromatic rings. The lowest BCUT2D eigenvalue weighted by atomic mass is 9.88. The Morgan fingerprint density at radius 2 is 1.68 bits per heavy atom. The van der Waals surface area contributed by atoms with Gasteiger partial charge in [0.25, 0.3) is 5.91 Å². The van der Waals surface area contributed by atoms with Gasteiger partial charge in [0.2, 0.25) is 0 Å². The van der Waals surface area contributed by atoms with Crippen molar-refractivity contribution in [1.29, 1.82) is 0 Å². The van der Waals surface area contributed by atoms with Crippen molar-refractivity contribution in [3.05, 3.63) is 64.1 Å². The Morgan fingerprint density at radius 1 is 1.00 bits per heavy atom. The number of halogens is 2. The van der Waals surface area contributed by atoms with E-state index in [1.807, 2.05) is 30.3 Å². The molecule has 2 fully saturated rings. The van der Waals surface area contributed by atoms with Crippen LogP contribution in [0.25, 0.3) is 0 Å². The van der Waals surface area contributed by atoms with Crippen molar-refractivity contribution in [3.63, 3.8) is 0 Å². The van der Waals surface area contributed by atoms with Crippen LogP contribution in [0.4, 0.5) is 10.5 Å². The molecule has 1 atom stereocenters. The number of urea groups is 1. The molecule has 0 spiro atoms. The number of rotatable bonds is 3. The molecule has 4 rings (SSSR count). The first kappa shape index (κ1) is 16.4. The van der Waals surface area contributed by atoms with Gasteiger partial charge in [0.15, 0.2) is 0 Å². The van der Waals surface area contributed by atoms with Gasteiger partial charge in [-0.2, -0.15) is 0 Å². The third kappa shape index (κ3) is 2.60. The smallest absolute Gasteiger partial charge is 0.309 e. The van der Waals surface area contributed by atoms with Crippen LogP contribution in [0.2, 0.25) is 10.0 Å². The highest BCUT2D eigenvalue weighted by molar-refractivity contribution is 6.35. The Hall–Kier alpha value is -2.04. The molecule has 128 valence electrons. The van der Waals surface area contributed by atoms with Crippen LogP contribution >= 0.6 is 23.2 Å². The second-order valence-corrected chi connectivity index (χ2v) is 7.37. The molecular formula is C19H16Cl2N2O2. The third-order valence-corrected chi connectivity index (χ3v) is 5.39. The van der Waals surface area contributed by atoms with E-state index in [2.05, 4.69) is 0 Å². The van der Waals surface area contributed by atoms with Gasteiger partial charge in [-0.3, -0.25) is 4.79 Å². The van der Waals surface area contributed by atoms with Crippen LogP contribution in [0.5, 0.6) is 0 Å². The third-order valence-electron chi connectivity index (χ3n) is 4.96. The summed E-state index contributed by atoms with van der Waals surface area (Å²) < 4.78 is 0. The zero-order valence-electron chi connectivity index (χ0n) is 13.4. The fraction of sp³-hybridized carbons (Fsp3) is 0.263. The van der Waals surface area contributed by atoms with E-state index in [0.717, 1.165) is 12.0 Å². The van der Waals surface area contributed by atoms with Crippen molar-refractivity contribution in [2.75, 3.05) is 11.4 Å². The molecular weight excluding hydrogens is 359 g/mol. The monoisotopic (exact) mass is 374 g/mol. The van der Waals surface area contributed by atoms with Gasteiger partial charge in [-0.15, -0.1) is 0 Å². The Bertz CT molecular complexity index is 836. The van der Waals surface area contributed by atoms with Crippen molar-refractivity contribution in [2.24, 2.45) is 0 Å². The van der Waals surface area contributed by atoms with Crippen LogP contribution in [0.3, 0.4) is 0 Å². The fourth-order valence-electron chi connectivity index (χ4n) is 3.88. The van der Waals surface area contributed by atoms with Crippen molar-refractivity contribution in [3.8, 4) is 0 Å². The van der Waals surface area contributed by atoms with Crippen LogP contribution in [-0.4, -0.2) is 28.9 Å². The maximum absolute atomic E-state index is 13.3. The maximum Gasteiger partial charge on any atom is 0.332 e. The molecule has 0 bridgehead atoms. The summed E-state index contributed by atoms with van der Waals surface area (Å²) in [5, 5.41) is 0.791. The summed E-state index contributed by atoms with van der Waals surface area (Å²) in [5.41, 5.74) is 0.656. The maximum atomic E-state index is 13.3. The van der Waals surface area contributed by atoms with Gasteiger partial charge >= 0.3 is 6.03 Å². The van der Waals surface area contributed by atoms with Crippen molar-refractivity contribution in [2.45, 2.75) is 24.8 Å². The number of anilines is 1. The van der Waals surface area contributed by atoms with Crippen molar-refractivity contribution in [1.82, 2.24) is 4.90 Å². The molecule has 0 aromatic heterocycles. The van der Waals surface area contributed by atoms with E-state index in [1.165, 1.54) is 4.90 Å². The molecule has 4 nitrogen and oxygen atoms in total. The normalized spacial score (nSPS) is 22.6. The lowest BCUT2D eigenvalue weighted by molar-refractivity contribution is -0.123. The summed E-state index contributed by atoms with van der Waals surface area (Å²) in [5.74, 6) is -0.197. The fourth-order valence-corrected chi connectivity index (χ4v) is 4.40. The molecule has 3 amide bonds. The highest BCUT2D eigenvalue weighted by atomic mass is 35.5. The van der Waals surface area contributed by atoms with Gasteiger partial charge in [0.1, 0.15) is 5.54 Å². The summed E-state index contributed by atoms with van der Waals surface area (Å²) in [7, 11) is 0. The Morgan fingerprint density at radius 3 is 2.36 bits per heavy atom. The number of hydrogen-bond acceptors (Lipinski definition) is 2. The molecule has 2 heterocycles. The number of carbonyl (C=O) groups excluding carboxylic acids is 2. The highest BCUT2D eigenvalue weighted by Gasteiger charge is 2.59. The summed E-state index contributed by atoms with van der Waals surface area (Å²) in [6.07, 6.45) is 2.01. The largest absolute Gasteiger partial charge is 0.332 e.